The lowest BCUT2D eigenvalue weighted by Crippen LogP contribution is -2.12. The molecule has 2 aromatic carbocycles. The highest BCUT2D eigenvalue weighted by molar-refractivity contribution is 9.10. The zero-order chi connectivity index (χ0) is 14.0. The van der Waals surface area contributed by atoms with Crippen LogP contribution < -0.4 is 5.32 Å². The Bertz CT molecular complexity index is 620. The predicted octanol–water partition coefficient (Wildman–Crippen LogP) is 4.46. The second kappa shape index (κ2) is 5.53. The molecule has 0 aliphatic heterocycles. The lowest BCUT2D eigenvalue weighted by atomic mass is 10.1. The molecule has 2 nitrogen and oxygen atoms in total. The lowest BCUT2D eigenvalue weighted by molar-refractivity contribution is 0.102. The third kappa shape index (κ3) is 3.41. The van der Waals surface area contributed by atoms with Gasteiger partial charge in [-0.1, -0.05) is 15.9 Å². The summed E-state index contributed by atoms with van der Waals surface area (Å²) in [5.74, 6) is -0.494. The maximum Gasteiger partial charge on any atom is 0.255 e. The Morgan fingerprint density at radius 2 is 1.89 bits per heavy atom. The number of carbonyl (C=O) groups is 1. The first-order valence-electron chi connectivity index (χ1n) is 5.80. The molecule has 0 saturated heterocycles. The number of aryl methyl sites for hydroxylation is 2. The molecule has 0 aliphatic rings. The molecule has 0 atom stereocenters. The summed E-state index contributed by atoms with van der Waals surface area (Å²) in [6, 6.07) is 9.98. The fraction of sp³-hybridized carbons (Fsp3) is 0.133. The summed E-state index contributed by atoms with van der Waals surface area (Å²) in [5, 5.41) is 2.75. The van der Waals surface area contributed by atoms with Crippen LogP contribution in [0.15, 0.2) is 40.9 Å². The largest absolute Gasteiger partial charge is 0.322 e. The van der Waals surface area contributed by atoms with Crippen molar-refractivity contribution in [3.8, 4) is 0 Å². The van der Waals surface area contributed by atoms with E-state index in [4.69, 9.17) is 0 Å². The number of hydrogen-bond donors (Lipinski definition) is 1. The van der Waals surface area contributed by atoms with Crippen molar-refractivity contribution >= 4 is 27.5 Å². The van der Waals surface area contributed by atoms with Crippen LogP contribution in [0, 0.1) is 19.7 Å². The number of anilines is 1. The van der Waals surface area contributed by atoms with Gasteiger partial charge in [-0.15, -0.1) is 0 Å². The number of benzene rings is 2. The minimum atomic E-state index is -0.281. The van der Waals surface area contributed by atoms with Gasteiger partial charge in [-0.2, -0.15) is 0 Å². The molecule has 4 heteroatoms. The SMILES string of the molecule is Cc1cc(Br)cc(C(=O)Nc2ccc(F)c(C)c2)c1. The van der Waals surface area contributed by atoms with Crippen molar-refractivity contribution < 1.29 is 9.18 Å². The number of halogens is 2. The fourth-order valence-electron chi connectivity index (χ4n) is 1.79. The van der Waals surface area contributed by atoms with E-state index in [0.29, 0.717) is 16.8 Å². The van der Waals surface area contributed by atoms with Gasteiger partial charge in [0, 0.05) is 15.7 Å². The van der Waals surface area contributed by atoms with E-state index in [2.05, 4.69) is 21.2 Å². The highest BCUT2D eigenvalue weighted by Crippen LogP contribution is 2.18. The minimum absolute atomic E-state index is 0.213. The quantitative estimate of drug-likeness (QED) is 0.869. The van der Waals surface area contributed by atoms with Crippen molar-refractivity contribution in [1.29, 1.82) is 0 Å². The standard InChI is InChI=1S/C15H13BrFNO/c1-9-5-11(8-12(16)6-9)15(19)18-13-3-4-14(17)10(2)7-13/h3-8H,1-2H3,(H,18,19). The first-order valence-corrected chi connectivity index (χ1v) is 6.60. The van der Waals surface area contributed by atoms with Gasteiger partial charge in [0.05, 0.1) is 0 Å². The molecule has 0 heterocycles. The van der Waals surface area contributed by atoms with Crippen LogP contribution in [0.25, 0.3) is 0 Å². The second-order valence-corrected chi connectivity index (χ2v) is 5.35. The molecular formula is C15H13BrFNO. The van der Waals surface area contributed by atoms with Crippen LogP contribution in [0.2, 0.25) is 0 Å². The van der Waals surface area contributed by atoms with Crippen LogP contribution in [-0.4, -0.2) is 5.91 Å². The molecule has 0 aromatic heterocycles. The molecule has 0 unspecified atom stereocenters. The summed E-state index contributed by atoms with van der Waals surface area (Å²) in [6.07, 6.45) is 0. The fourth-order valence-corrected chi connectivity index (χ4v) is 2.40. The van der Waals surface area contributed by atoms with E-state index in [1.54, 1.807) is 31.2 Å². The molecule has 0 spiro atoms. The van der Waals surface area contributed by atoms with Gasteiger partial charge in [0.25, 0.3) is 5.91 Å². The van der Waals surface area contributed by atoms with E-state index in [-0.39, 0.29) is 11.7 Å². The van der Waals surface area contributed by atoms with Crippen molar-refractivity contribution in [3.63, 3.8) is 0 Å². The third-order valence-electron chi connectivity index (χ3n) is 2.72. The number of nitrogens with one attached hydrogen (secondary N) is 1. The Kier molecular flexibility index (Phi) is 4.00. The maximum absolute atomic E-state index is 13.1. The van der Waals surface area contributed by atoms with Crippen molar-refractivity contribution in [2.75, 3.05) is 5.32 Å². The predicted molar refractivity (Wildman–Crippen MR) is 78.0 cm³/mol. The molecule has 2 rings (SSSR count). The molecule has 2 aromatic rings. The van der Waals surface area contributed by atoms with Crippen LogP contribution in [0.5, 0.6) is 0 Å². The van der Waals surface area contributed by atoms with Gasteiger partial charge in [-0.3, -0.25) is 4.79 Å². The van der Waals surface area contributed by atoms with Crippen LogP contribution in [0.1, 0.15) is 21.5 Å². The first kappa shape index (κ1) is 13.7. The number of amides is 1. The molecule has 0 fully saturated rings. The molecule has 19 heavy (non-hydrogen) atoms. The number of rotatable bonds is 2. The first-order chi connectivity index (χ1) is 8.95. The van der Waals surface area contributed by atoms with Crippen molar-refractivity contribution in [2.24, 2.45) is 0 Å². The number of carbonyl (C=O) groups excluding carboxylic acids is 1. The normalized spacial score (nSPS) is 10.3. The molecule has 1 amide bonds. The summed E-state index contributed by atoms with van der Waals surface area (Å²) in [6.45, 7) is 3.58. The second-order valence-electron chi connectivity index (χ2n) is 4.44. The van der Waals surface area contributed by atoms with Crippen LogP contribution in [0.3, 0.4) is 0 Å². The molecular weight excluding hydrogens is 309 g/mol. The summed E-state index contributed by atoms with van der Waals surface area (Å²) >= 11 is 3.36. The van der Waals surface area contributed by atoms with Crippen LogP contribution in [0.4, 0.5) is 10.1 Å². The highest BCUT2D eigenvalue weighted by atomic mass is 79.9. The Morgan fingerprint density at radius 1 is 1.16 bits per heavy atom. The Morgan fingerprint density at radius 3 is 2.53 bits per heavy atom. The van der Waals surface area contributed by atoms with Gasteiger partial charge < -0.3 is 5.32 Å². The van der Waals surface area contributed by atoms with Gasteiger partial charge in [-0.25, -0.2) is 4.39 Å². The Balaban J connectivity index is 2.22. The topological polar surface area (TPSA) is 29.1 Å². The van der Waals surface area contributed by atoms with Crippen molar-refractivity contribution in [3.05, 3.63) is 63.4 Å². The average Bonchev–Trinajstić information content (AvgIpc) is 2.32. The molecule has 1 N–H and O–H groups in total. The van der Waals surface area contributed by atoms with Crippen molar-refractivity contribution in [2.45, 2.75) is 13.8 Å². The van der Waals surface area contributed by atoms with Crippen LogP contribution in [-0.2, 0) is 0 Å². The van der Waals surface area contributed by atoms with Gasteiger partial charge in [0.2, 0.25) is 0 Å². The van der Waals surface area contributed by atoms with Crippen molar-refractivity contribution in [1.82, 2.24) is 0 Å². The molecule has 0 aliphatic carbocycles. The average molecular weight is 322 g/mol. The smallest absolute Gasteiger partial charge is 0.255 e. The minimum Gasteiger partial charge on any atom is -0.322 e. The zero-order valence-electron chi connectivity index (χ0n) is 10.6. The lowest BCUT2D eigenvalue weighted by Gasteiger charge is -2.08. The Hall–Kier alpha value is -1.68. The van der Waals surface area contributed by atoms with Gasteiger partial charge in [0.15, 0.2) is 0 Å². The molecule has 98 valence electrons. The summed E-state index contributed by atoms with van der Waals surface area (Å²) in [5.41, 5.74) is 2.65. The molecule has 0 radical (unpaired) electrons. The van der Waals surface area contributed by atoms with Gasteiger partial charge >= 0.3 is 0 Å². The van der Waals surface area contributed by atoms with E-state index in [1.165, 1.54) is 6.07 Å². The van der Waals surface area contributed by atoms with Crippen LogP contribution >= 0.6 is 15.9 Å². The molecule has 0 saturated carbocycles. The summed E-state index contributed by atoms with van der Waals surface area (Å²) in [4.78, 5) is 12.1. The summed E-state index contributed by atoms with van der Waals surface area (Å²) < 4.78 is 14.0. The van der Waals surface area contributed by atoms with E-state index < -0.39 is 0 Å². The van der Waals surface area contributed by atoms with E-state index in [9.17, 15) is 9.18 Å². The van der Waals surface area contributed by atoms with E-state index >= 15 is 0 Å². The maximum atomic E-state index is 13.1. The van der Waals surface area contributed by atoms with E-state index in [1.807, 2.05) is 13.0 Å². The van der Waals surface area contributed by atoms with Gasteiger partial charge in [0.1, 0.15) is 5.82 Å². The molecule has 0 bridgehead atoms. The summed E-state index contributed by atoms with van der Waals surface area (Å²) in [7, 11) is 0. The number of hydrogen-bond acceptors (Lipinski definition) is 1. The van der Waals surface area contributed by atoms with E-state index in [0.717, 1.165) is 10.0 Å². The van der Waals surface area contributed by atoms with Gasteiger partial charge in [-0.05, 0) is 61.4 Å². The zero-order valence-corrected chi connectivity index (χ0v) is 12.2. The monoisotopic (exact) mass is 321 g/mol. The highest BCUT2D eigenvalue weighted by Gasteiger charge is 2.08. The third-order valence-corrected chi connectivity index (χ3v) is 3.18. The Labute approximate surface area is 119 Å².